The average molecular weight is 338 g/mol. The van der Waals surface area contributed by atoms with Crippen molar-refractivity contribution in [2.75, 3.05) is 18.4 Å². The van der Waals surface area contributed by atoms with Crippen molar-refractivity contribution in [2.45, 2.75) is 38.6 Å². The molecule has 0 bridgehead atoms. The lowest BCUT2D eigenvalue weighted by Crippen LogP contribution is -2.46. The van der Waals surface area contributed by atoms with Crippen molar-refractivity contribution in [1.82, 2.24) is 10.6 Å². The highest BCUT2D eigenvalue weighted by Crippen LogP contribution is 2.27. The summed E-state index contributed by atoms with van der Waals surface area (Å²) >= 11 is 0. The first kappa shape index (κ1) is 17.8. The molecule has 0 aromatic heterocycles. The van der Waals surface area contributed by atoms with Gasteiger partial charge in [-0.2, -0.15) is 0 Å². The fourth-order valence-electron chi connectivity index (χ4n) is 2.73. The number of hydrogen-bond donors (Lipinski definition) is 3. The maximum Gasteiger partial charge on any atom is 0.251 e. The van der Waals surface area contributed by atoms with Gasteiger partial charge in [-0.15, -0.1) is 12.4 Å². The van der Waals surface area contributed by atoms with Crippen LogP contribution in [-0.2, 0) is 4.79 Å². The quantitative estimate of drug-likeness (QED) is 0.789. The van der Waals surface area contributed by atoms with Crippen LogP contribution in [0.1, 0.15) is 43.0 Å². The summed E-state index contributed by atoms with van der Waals surface area (Å²) in [5.41, 5.74) is 1.01. The molecular formula is C17H24ClN3O2. The Morgan fingerprint density at radius 1 is 1.22 bits per heavy atom. The van der Waals surface area contributed by atoms with Gasteiger partial charge in [-0.05, 0) is 63.4 Å². The molecule has 1 aliphatic heterocycles. The average Bonchev–Trinajstić information content (AvgIpc) is 3.32. The number of anilines is 1. The number of carbonyl (C=O) groups is 2. The lowest BCUT2D eigenvalue weighted by Gasteiger charge is -2.32. The minimum atomic E-state index is -0.361. The SMILES string of the molecule is CC1(C(=O)Nc2ccc(C(=O)NC3CC3)cc2)CCCNC1.Cl. The van der Waals surface area contributed by atoms with Crippen LogP contribution in [0.4, 0.5) is 5.69 Å². The number of halogens is 1. The summed E-state index contributed by atoms with van der Waals surface area (Å²) in [7, 11) is 0. The van der Waals surface area contributed by atoms with Crippen LogP contribution in [0.25, 0.3) is 0 Å². The summed E-state index contributed by atoms with van der Waals surface area (Å²) in [6.45, 7) is 3.68. The van der Waals surface area contributed by atoms with Gasteiger partial charge in [0.1, 0.15) is 0 Å². The third-order valence-electron chi connectivity index (χ3n) is 4.46. The molecule has 0 spiro atoms. The van der Waals surface area contributed by atoms with E-state index in [2.05, 4.69) is 16.0 Å². The predicted octanol–water partition coefficient (Wildman–Crippen LogP) is 2.33. The monoisotopic (exact) mass is 337 g/mol. The highest BCUT2D eigenvalue weighted by molar-refractivity contribution is 5.97. The highest BCUT2D eigenvalue weighted by atomic mass is 35.5. The number of nitrogens with one attached hydrogen (secondary N) is 3. The molecule has 1 saturated carbocycles. The van der Waals surface area contributed by atoms with E-state index in [-0.39, 0.29) is 29.6 Å². The van der Waals surface area contributed by atoms with Gasteiger partial charge in [-0.3, -0.25) is 9.59 Å². The maximum absolute atomic E-state index is 12.4. The molecule has 1 aromatic rings. The number of hydrogen-bond acceptors (Lipinski definition) is 3. The van der Waals surface area contributed by atoms with E-state index in [1.807, 2.05) is 6.92 Å². The number of amides is 2. The molecule has 5 nitrogen and oxygen atoms in total. The van der Waals surface area contributed by atoms with E-state index in [0.717, 1.165) is 37.9 Å². The van der Waals surface area contributed by atoms with Gasteiger partial charge in [-0.25, -0.2) is 0 Å². The zero-order valence-electron chi connectivity index (χ0n) is 13.4. The molecule has 126 valence electrons. The van der Waals surface area contributed by atoms with Crippen LogP contribution < -0.4 is 16.0 Å². The van der Waals surface area contributed by atoms with Gasteiger partial charge < -0.3 is 16.0 Å². The van der Waals surface area contributed by atoms with Gasteiger partial charge in [-0.1, -0.05) is 0 Å². The smallest absolute Gasteiger partial charge is 0.251 e. The molecule has 6 heteroatoms. The molecule has 1 aromatic carbocycles. The van der Waals surface area contributed by atoms with Crippen molar-refractivity contribution in [3.05, 3.63) is 29.8 Å². The first-order chi connectivity index (χ1) is 10.6. The second-order valence-corrected chi connectivity index (χ2v) is 6.62. The van der Waals surface area contributed by atoms with Gasteiger partial charge in [0.25, 0.3) is 5.91 Å². The van der Waals surface area contributed by atoms with Crippen LogP contribution in [0.15, 0.2) is 24.3 Å². The van der Waals surface area contributed by atoms with Crippen molar-refractivity contribution < 1.29 is 9.59 Å². The molecule has 1 aliphatic carbocycles. The van der Waals surface area contributed by atoms with Crippen molar-refractivity contribution in [3.8, 4) is 0 Å². The summed E-state index contributed by atoms with van der Waals surface area (Å²) < 4.78 is 0. The largest absolute Gasteiger partial charge is 0.349 e. The standard InChI is InChI=1S/C17H23N3O2.ClH/c1-17(9-2-10-18-11-17)16(22)20-14-5-3-12(4-6-14)15(21)19-13-7-8-13;/h3-6,13,18H,2,7-11H2,1H3,(H,19,21)(H,20,22);1H. The molecular weight excluding hydrogens is 314 g/mol. The Morgan fingerprint density at radius 3 is 2.48 bits per heavy atom. The van der Waals surface area contributed by atoms with Crippen molar-refractivity contribution in [1.29, 1.82) is 0 Å². The topological polar surface area (TPSA) is 70.2 Å². The molecule has 2 aliphatic rings. The van der Waals surface area contributed by atoms with Crippen LogP contribution in [-0.4, -0.2) is 30.9 Å². The first-order valence-corrected chi connectivity index (χ1v) is 8.00. The molecule has 1 saturated heterocycles. The van der Waals surface area contributed by atoms with Gasteiger partial charge in [0.2, 0.25) is 5.91 Å². The lowest BCUT2D eigenvalue weighted by atomic mass is 9.82. The van der Waals surface area contributed by atoms with E-state index in [1.54, 1.807) is 24.3 Å². The Bertz CT molecular complexity index is 564. The highest BCUT2D eigenvalue weighted by Gasteiger charge is 2.34. The number of piperidine rings is 1. The summed E-state index contributed by atoms with van der Waals surface area (Å²) in [4.78, 5) is 24.4. The molecule has 1 unspecified atom stereocenters. The summed E-state index contributed by atoms with van der Waals surface area (Å²) in [6, 6.07) is 7.45. The second kappa shape index (κ2) is 7.32. The third-order valence-corrected chi connectivity index (χ3v) is 4.46. The molecule has 2 fully saturated rings. The van der Waals surface area contributed by atoms with E-state index in [4.69, 9.17) is 0 Å². The van der Waals surface area contributed by atoms with Crippen LogP contribution in [0.3, 0.4) is 0 Å². The van der Waals surface area contributed by atoms with Gasteiger partial charge in [0.05, 0.1) is 5.41 Å². The van der Waals surface area contributed by atoms with Crippen molar-refractivity contribution >= 4 is 29.9 Å². The van der Waals surface area contributed by atoms with E-state index >= 15 is 0 Å². The Morgan fingerprint density at radius 2 is 1.91 bits per heavy atom. The number of carbonyl (C=O) groups excluding carboxylic acids is 2. The number of rotatable bonds is 4. The fraction of sp³-hybridized carbons (Fsp3) is 0.529. The maximum atomic E-state index is 12.4. The van der Waals surface area contributed by atoms with Gasteiger partial charge in [0.15, 0.2) is 0 Å². The minimum absolute atomic E-state index is 0. The summed E-state index contributed by atoms with van der Waals surface area (Å²) in [6.07, 6.45) is 4.07. The second-order valence-electron chi connectivity index (χ2n) is 6.62. The summed E-state index contributed by atoms with van der Waals surface area (Å²) in [5, 5.41) is 9.19. The van der Waals surface area contributed by atoms with Crippen molar-refractivity contribution in [2.24, 2.45) is 5.41 Å². The third kappa shape index (κ3) is 4.45. The predicted molar refractivity (Wildman–Crippen MR) is 93.0 cm³/mol. The van der Waals surface area contributed by atoms with Crippen molar-refractivity contribution in [3.63, 3.8) is 0 Å². The normalized spacial score (nSPS) is 23.5. The molecule has 1 atom stereocenters. The molecule has 23 heavy (non-hydrogen) atoms. The van der Waals surface area contributed by atoms with Crippen LogP contribution in [0, 0.1) is 5.41 Å². The van der Waals surface area contributed by atoms with E-state index in [0.29, 0.717) is 18.2 Å². The zero-order valence-corrected chi connectivity index (χ0v) is 14.2. The molecule has 3 N–H and O–H groups in total. The van der Waals surface area contributed by atoms with E-state index in [1.165, 1.54) is 0 Å². The van der Waals surface area contributed by atoms with Crippen LogP contribution in [0.2, 0.25) is 0 Å². The Hall–Kier alpha value is -1.59. The Balaban J connectivity index is 0.00000192. The molecule has 2 amide bonds. The molecule has 1 heterocycles. The fourth-order valence-corrected chi connectivity index (χ4v) is 2.73. The molecule has 0 radical (unpaired) electrons. The Kier molecular flexibility index (Phi) is 5.65. The van der Waals surface area contributed by atoms with Gasteiger partial charge in [0, 0.05) is 23.8 Å². The minimum Gasteiger partial charge on any atom is -0.349 e. The lowest BCUT2D eigenvalue weighted by molar-refractivity contribution is -0.125. The van der Waals surface area contributed by atoms with Crippen LogP contribution >= 0.6 is 12.4 Å². The van der Waals surface area contributed by atoms with E-state index in [9.17, 15) is 9.59 Å². The number of benzene rings is 1. The first-order valence-electron chi connectivity index (χ1n) is 8.00. The van der Waals surface area contributed by atoms with E-state index < -0.39 is 0 Å². The Labute approximate surface area is 143 Å². The van der Waals surface area contributed by atoms with Crippen LogP contribution in [0.5, 0.6) is 0 Å². The summed E-state index contributed by atoms with van der Waals surface area (Å²) in [5.74, 6) is -0.00120. The zero-order chi connectivity index (χ0) is 15.6. The molecule has 3 rings (SSSR count). The van der Waals surface area contributed by atoms with Gasteiger partial charge >= 0.3 is 0 Å².